The monoisotopic (exact) mass is 479 g/mol. The van der Waals surface area contributed by atoms with Gasteiger partial charge < -0.3 is 15.4 Å². The Bertz CT molecular complexity index is 1380. The Morgan fingerprint density at radius 3 is 2.33 bits per heavy atom. The van der Waals surface area contributed by atoms with Gasteiger partial charge >= 0.3 is 0 Å². The predicted octanol–water partition coefficient (Wildman–Crippen LogP) is 3.84. The molecule has 0 spiro atoms. The molecule has 9 nitrogen and oxygen atoms in total. The first kappa shape index (κ1) is 24.1. The van der Waals surface area contributed by atoms with Gasteiger partial charge in [-0.3, -0.25) is 20.6 Å². The Labute approximate surface area is 208 Å². The van der Waals surface area contributed by atoms with Gasteiger partial charge in [-0.1, -0.05) is 66.7 Å². The molecule has 0 bridgehead atoms. The number of carbonyl (C=O) groups excluding carboxylic acids is 1. The second-order valence-corrected chi connectivity index (χ2v) is 7.63. The number of aldehydes is 1. The van der Waals surface area contributed by atoms with Crippen molar-refractivity contribution in [1.29, 1.82) is 10.8 Å². The van der Waals surface area contributed by atoms with Crippen LogP contribution in [0.3, 0.4) is 0 Å². The molecular weight excluding hydrogens is 454 g/mol. The van der Waals surface area contributed by atoms with Crippen LogP contribution in [0.4, 0.5) is 5.69 Å². The smallest absolute Gasteiger partial charge is 0.290 e. The Morgan fingerprint density at radius 1 is 0.972 bits per heavy atom. The van der Waals surface area contributed by atoms with E-state index in [0.29, 0.717) is 17.6 Å². The summed E-state index contributed by atoms with van der Waals surface area (Å²) in [5.74, 6) is -0.285. The molecule has 0 fully saturated rings. The van der Waals surface area contributed by atoms with Crippen LogP contribution in [0.2, 0.25) is 0 Å². The molecule has 0 amide bonds. The van der Waals surface area contributed by atoms with E-state index in [9.17, 15) is 4.79 Å². The average Bonchev–Trinajstić information content (AvgIpc) is 3.43. The van der Waals surface area contributed by atoms with E-state index in [-0.39, 0.29) is 5.90 Å². The number of amidine groups is 1. The van der Waals surface area contributed by atoms with Gasteiger partial charge in [0.25, 0.3) is 6.02 Å². The maximum Gasteiger partial charge on any atom is 0.290 e. The highest BCUT2D eigenvalue weighted by molar-refractivity contribution is 6.16. The average molecular weight is 480 g/mol. The first-order valence-electron chi connectivity index (χ1n) is 11.2. The zero-order chi connectivity index (χ0) is 25.3. The van der Waals surface area contributed by atoms with E-state index in [1.54, 1.807) is 10.9 Å². The summed E-state index contributed by atoms with van der Waals surface area (Å²) in [6.07, 6.45) is 2.57. The molecule has 0 aliphatic carbocycles. The number of anilines is 1. The number of aromatic nitrogens is 2. The highest BCUT2D eigenvalue weighted by atomic mass is 16.5. The number of benzene rings is 3. The van der Waals surface area contributed by atoms with Crippen molar-refractivity contribution < 1.29 is 9.53 Å². The van der Waals surface area contributed by atoms with Crippen molar-refractivity contribution in [2.45, 2.75) is 6.17 Å². The quantitative estimate of drug-likeness (QED) is 0.173. The van der Waals surface area contributed by atoms with Gasteiger partial charge in [0.1, 0.15) is 0 Å². The number of ether oxygens (including phenoxy) is 1. The van der Waals surface area contributed by atoms with Crippen LogP contribution in [0.25, 0.3) is 5.69 Å². The van der Waals surface area contributed by atoms with E-state index in [1.165, 1.54) is 6.20 Å². The Morgan fingerprint density at radius 2 is 1.64 bits per heavy atom. The fourth-order valence-electron chi connectivity index (χ4n) is 3.53. The number of rotatable bonds is 8. The van der Waals surface area contributed by atoms with E-state index in [4.69, 9.17) is 15.6 Å². The van der Waals surface area contributed by atoms with Crippen molar-refractivity contribution in [3.8, 4) is 5.69 Å². The zero-order valence-corrected chi connectivity index (χ0v) is 19.6. The largest absolute Gasteiger partial charge is 0.407 e. The molecule has 9 heteroatoms. The lowest BCUT2D eigenvalue weighted by Crippen LogP contribution is -2.37. The number of nitrogens with one attached hydrogen (secondary N) is 4. The number of hydrogen-bond donors (Lipinski definition) is 4. The van der Waals surface area contributed by atoms with Crippen LogP contribution in [-0.4, -0.2) is 46.9 Å². The Hall–Kier alpha value is -5.05. The van der Waals surface area contributed by atoms with Gasteiger partial charge in [0.05, 0.1) is 23.2 Å². The highest BCUT2D eigenvalue weighted by Crippen LogP contribution is 2.20. The molecule has 0 aliphatic heterocycles. The topological polar surface area (TPSA) is 128 Å². The fraction of sp³-hybridized carbons (Fsp3) is 0.0741. The molecule has 0 radical (unpaired) electrons. The molecular formula is C27H25N7O2. The van der Waals surface area contributed by atoms with E-state index in [0.717, 1.165) is 22.5 Å². The lowest BCUT2D eigenvalue weighted by molar-refractivity contribution is -0.109. The van der Waals surface area contributed by atoms with Crippen LogP contribution in [0, 0.1) is 10.8 Å². The van der Waals surface area contributed by atoms with E-state index in [1.807, 2.05) is 92.0 Å². The van der Waals surface area contributed by atoms with E-state index >= 15 is 0 Å². The fourth-order valence-corrected chi connectivity index (χ4v) is 3.53. The molecule has 36 heavy (non-hydrogen) atoms. The van der Waals surface area contributed by atoms with Crippen LogP contribution in [0.1, 0.15) is 16.7 Å². The summed E-state index contributed by atoms with van der Waals surface area (Å²) in [6.45, 7) is 0. The Kier molecular flexibility index (Phi) is 7.62. The Balaban J connectivity index is 1.52. The third-order valence-corrected chi connectivity index (χ3v) is 5.24. The molecule has 0 aliphatic rings. The third-order valence-electron chi connectivity index (χ3n) is 5.24. The number of carbonyl (C=O) groups is 1. The van der Waals surface area contributed by atoms with E-state index < -0.39 is 12.2 Å². The van der Waals surface area contributed by atoms with Gasteiger partial charge in [-0.2, -0.15) is 5.10 Å². The van der Waals surface area contributed by atoms with Crippen molar-refractivity contribution in [2.75, 3.05) is 12.4 Å². The van der Waals surface area contributed by atoms with Crippen molar-refractivity contribution >= 4 is 29.6 Å². The van der Waals surface area contributed by atoms with Crippen molar-refractivity contribution in [3.05, 3.63) is 114 Å². The standard InChI is InChI=1S/C27H25N7O2/c1-30-23-15-9-8-14-22(23)25(19-10-4-2-5-11-19)32-24(18-35)33-27(29)36-26(28)20-16-31-34(17-20)21-12-6-3-7-13-21/h2-18,24,28,30H,1H3,(H2,29,33)/b28-26?,32-25-. The maximum absolute atomic E-state index is 11.9. The van der Waals surface area contributed by atoms with Gasteiger partial charge in [0.2, 0.25) is 5.90 Å². The normalized spacial score (nSPS) is 11.9. The van der Waals surface area contributed by atoms with Gasteiger partial charge in [0, 0.05) is 30.1 Å². The minimum Gasteiger partial charge on any atom is -0.407 e. The molecule has 1 atom stereocenters. The number of para-hydroxylation sites is 2. The summed E-state index contributed by atoms with van der Waals surface area (Å²) < 4.78 is 6.92. The summed E-state index contributed by atoms with van der Waals surface area (Å²) in [7, 11) is 1.81. The molecule has 4 aromatic rings. The number of hydrogen-bond acceptors (Lipinski definition) is 7. The second kappa shape index (κ2) is 11.4. The van der Waals surface area contributed by atoms with Gasteiger partial charge in [0.15, 0.2) is 12.5 Å². The predicted molar refractivity (Wildman–Crippen MR) is 140 cm³/mol. The summed E-state index contributed by atoms with van der Waals surface area (Å²) in [5, 5.41) is 26.4. The SMILES string of the molecule is CNc1ccccc1/C(=N\C(C=O)NC(=N)OC(=N)c1cnn(-c2ccccc2)c1)c1ccccc1. The summed E-state index contributed by atoms with van der Waals surface area (Å²) in [5.41, 5.74) is 4.22. The van der Waals surface area contributed by atoms with Gasteiger partial charge in [-0.05, 0) is 18.2 Å². The molecule has 1 unspecified atom stereocenters. The van der Waals surface area contributed by atoms with Crippen LogP contribution >= 0.6 is 0 Å². The van der Waals surface area contributed by atoms with Crippen molar-refractivity contribution in [2.24, 2.45) is 4.99 Å². The third kappa shape index (κ3) is 5.71. The molecule has 1 aromatic heterocycles. The lowest BCUT2D eigenvalue weighted by Gasteiger charge is -2.16. The molecule has 4 rings (SSSR count). The van der Waals surface area contributed by atoms with Crippen LogP contribution < -0.4 is 10.6 Å². The summed E-state index contributed by atoms with van der Waals surface area (Å²) in [4.78, 5) is 16.5. The van der Waals surface area contributed by atoms with Crippen LogP contribution in [0.5, 0.6) is 0 Å². The molecule has 0 saturated carbocycles. The van der Waals surface area contributed by atoms with Crippen LogP contribution in [0.15, 0.2) is 102 Å². The maximum atomic E-state index is 11.9. The highest BCUT2D eigenvalue weighted by Gasteiger charge is 2.17. The number of aliphatic imine (C=N–C) groups is 1. The van der Waals surface area contributed by atoms with Crippen LogP contribution in [-0.2, 0) is 9.53 Å². The number of nitrogens with zero attached hydrogens (tertiary/aromatic N) is 3. The summed E-state index contributed by atoms with van der Waals surface area (Å²) >= 11 is 0. The summed E-state index contributed by atoms with van der Waals surface area (Å²) in [6, 6.07) is 26.0. The molecule has 0 saturated heterocycles. The van der Waals surface area contributed by atoms with Gasteiger partial charge in [-0.25, -0.2) is 4.68 Å². The lowest BCUT2D eigenvalue weighted by atomic mass is 10.0. The molecule has 1 heterocycles. The first-order chi connectivity index (χ1) is 17.6. The zero-order valence-electron chi connectivity index (χ0n) is 19.6. The van der Waals surface area contributed by atoms with E-state index in [2.05, 4.69) is 20.7 Å². The second-order valence-electron chi connectivity index (χ2n) is 7.63. The minimum atomic E-state index is -1.11. The molecule has 4 N–H and O–H groups in total. The van der Waals surface area contributed by atoms with Crippen molar-refractivity contribution in [1.82, 2.24) is 15.1 Å². The molecule has 3 aromatic carbocycles. The first-order valence-corrected chi connectivity index (χ1v) is 11.2. The minimum absolute atomic E-state index is 0.285. The molecule has 180 valence electrons. The van der Waals surface area contributed by atoms with Crippen molar-refractivity contribution in [3.63, 3.8) is 0 Å². The van der Waals surface area contributed by atoms with Gasteiger partial charge in [-0.15, -0.1) is 0 Å².